The summed E-state index contributed by atoms with van der Waals surface area (Å²) in [4.78, 5) is 23.7. The molecule has 20 heavy (non-hydrogen) atoms. The summed E-state index contributed by atoms with van der Waals surface area (Å²) in [5.74, 6) is 0.120. The highest BCUT2D eigenvalue weighted by molar-refractivity contribution is 5.96. The Hall–Kier alpha value is -2.04. The van der Waals surface area contributed by atoms with Crippen LogP contribution in [0.5, 0.6) is 0 Å². The standard InChI is InChI=1S/C15H21N3O2/c1-15(2,11-5-6-11)18-13(19)9-17-14(20)10-3-7-12(16)8-4-10/h3-4,7-8,11H,5-6,9,16H2,1-2H3,(H,17,20)(H,18,19). The molecule has 0 spiro atoms. The minimum Gasteiger partial charge on any atom is -0.399 e. The summed E-state index contributed by atoms with van der Waals surface area (Å²) >= 11 is 0. The van der Waals surface area contributed by atoms with Gasteiger partial charge in [-0.3, -0.25) is 9.59 Å². The van der Waals surface area contributed by atoms with Crippen LogP contribution in [0.15, 0.2) is 24.3 Å². The zero-order valence-corrected chi connectivity index (χ0v) is 11.9. The molecule has 1 aromatic carbocycles. The van der Waals surface area contributed by atoms with Crippen LogP contribution in [0.3, 0.4) is 0 Å². The predicted octanol–water partition coefficient (Wildman–Crippen LogP) is 1.30. The van der Waals surface area contributed by atoms with Crippen molar-refractivity contribution >= 4 is 17.5 Å². The molecular formula is C15H21N3O2. The summed E-state index contributed by atoms with van der Waals surface area (Å²) in [6, 6.07) is 6.59. The van der Waals surface area contributed by atoms with Gasteiger partial charge < -0.3 is 16.4 Å². The molecule has 1 saturated carbocycles. The number of hydrogen-bond acceptors (Lipinski definition) is 3. The molecule has 1 fully saturated rings. The summed E-state index contributed by atoms with van der Waals surface area (Å²) < 4.78 is 0. The molecule has 1 aliphatic rings. The Bertz CT molecular complexity index is 504. The molecule has 108 valence electrons. The van der Waals surface area contributed by atoms with E-state index < -0.39 is 0 Å². The van der Waals surface area contributed by atoms with Crippen molar-refractivity contribution in [3.05, 3.63) is 29.8 Å². The molecule has 0 aliphatic heterocycles. The molecule has 1 aromatic rings. The van der Waals surface area contributed by atoms with Gasteiger partial charge in [0.05, 0.1) is 6.54 Å². The van der Waals surface area contributed by atoms with E-state index in [4.69, 9.17) is 5.73 Å². The third kappa shape index (κ3) is 3.73. The fourth-order valence-corrected chi connectivity index (χ4v) is 2.21. The lowest BCUT2D eigenvalue weighted by atomic mass is 9.99. The Kier molecular flexibility index (Phi) is 3.97. The van der Waals surface area contributed by atoms with E-state index in [0.717, 1.165) is 12.8 Å². The second-order valence-electron chi connectivity index (χ2n) is 5.85. The first kappa shape index (κ1) is 14.4. The van der Waals surface area contributed by atoms with E-state index in [0.29, 0.717) is 17.2 Å². The molecule has 2 rings (SSSR count). The Labute approximate surface area is 118 Å². The van der Waals surface area contributed by atoms with E-state index in [-0.39, 0.29) is 23.9 Å². The quantitative estimate of drug-likeness (QED) is 0.708. The lowest BCUT2D eigenvalue weighted by Gasteiger charge is -2.26. The van der Waals surface area contributed by atoms with Crippen LogP contribution in [0.1, 0.15) is 37.0 Å². The van der Waals surface area contributed by atoms with Gasteiger partial charge >= 0.3 is 0 Å². The number of nitrogens with two attached hydrogens (primary N) is 1. The van der Waals surface area contributed by atoms with Crippen molar-refractivity contribution in [2.75, 3.05) is 12.3 Å². The summed E-state index contributed by atoms with van der Waals surface area (Å²) in [5, 5.41) is 5.57. The number of nitrogen functional groups attached to an aromatic ring is 1. The summed E-state index contributed by atoms with van der Waals surface area (Å²) in [7, 11) is 0. The molecular weight excluding hydrogens is 254 g/mol. The number of nitrogens with one attached hydrogen (secondary N) is 2. The van der Waals surface area contributed by atoms with Crippen molar-refractivity contribution in [3.8, 4) is 0 Å². The van der Waals surface area contributed by atoms with Crippen LogP contribution < -0.4 is 16.4 Å². The van der Waals surface area contributed by atoms with E-state index in [1.165, 1.54) is 0 Å². The van der Waals surface area contributed by atoms with Gasteiger partial charge in [0, 0.05) is 16.8 Å². The van der Waals surface area contributed by atoms with Gasteiger partial charge in [-0.2, -0.15) is 0 Å². The van der Waals surface area contributed by atoms with Gasteiger partial charge in [-0.05, 0) is 56.9 Å². The molecule has 5 heteroatoms. The van der Waals surface area contributed by atoms with Crippen LogP contribution in [-0.4, -0.2) is 23.9 Å². The SMILES string of the molecule is CC(C)(NC(=O)CNC(=O)c1ccc(N)cc1)C1CC1. The van der Waals surface area contributed by atoms with E-state index >= 15 is 0 Å². The molecule has 0 saturated heterocycles. The predicted molar refractivity (Wildman–Crippen MR) is 78.1 cm³/mol. The van der Waals surface area contributed by atoms with Crippen LogP contribution >= 0.6 is 0 Å². The van der Waals surface area contributed by atoms with E-state index in [9.17, 15) is 9.59 Å². The Morgan fingerprint density at radius 3 is 2.40 bits per heavy atom. The highest BCUT2D eigenvalue weighted by Crippen LogP contribution is 2.39. The van der Waals surface area contributed by atoms with Crippen molar-refractivity contribution in [2.24, 2.45) is 5.92 Å². The zero-order chi connectivity index (χ0) is 14.8. The lowest BCUT2D eigenvalue weighted by molar-refractivity contribution is -0.121. The van der Waals surface area contributed by atoms with Crippen molar-refractivity contribution < 1.29 is 9.59 Å². The molecule has 0 aromatic heterocycles. The second-order valence-corrected chi connectivity index (χ2v) is 5.85. The van der Waals surface area contributed by atoms with E-state index in [1.807, 2.05) is 13.8 Å². The van der Waals surface area contributed by atoms with E-state index in [2.05, 4.69) is 10.6 Å². The third-order valence-corrected chi connectivity index (χ3v) is 3.64. The van der Waals surface area contributed by atoms with Crippen molar-refractivity contribution in [1.29, 1.82) is 0 Å². The highest BCUT2D eigenvalue weighted by Gasteiger charge is 2.38. The lowest BCUT2D eigenvalue weighted by Crippen LogP contribution is -2.49. The van der Waals surface area contributed by atoms with Crippen LogP contribution in [0.25, 0.3) is 0 Å². The van der Waals surface area contributed by atoms with Gasteiger partial charge in [-0.1, -0.05) is 0 Å². The van der Waals surface area contributed by atoms with Crippen LogP contribution in [0.2, 0.25) is 0 Å². The smallest absolute Gasteiger partial charge is 0.251 e. The van der Waals surface area contributed by atoms with Gasteiger partial charge in [-0.25, -0.2) is 0 Å². The Morgan fingerprint density at radius 1 is 1.25 bits per heavy atom. The molecule has 1 aliphatic carbocycles. The zero-order valence-electron chi connectivity index (χ0n) is 11.9. The minimum atomic E-state index is -0.274. The Morgan fingerprint density at radius 2 is 1.85 bits per heavy atom. The summed E-state index contributed by atoms with van der Waals surface area (Å²) in [6.07, 6.45) is 2.32. The minimum absolute atomic E-state index is 0.0145. The molecule has 2 amide bonds. The van der Waals surface area contributed by atoms with E-state index in [1.54, 1.807) is 24.3 Å². The number of rotatable bonds is 5. The van der Waals surface area contributed by atoms with Crippen LogP contribution in [0, 0.1) is 5.92 Å². The maximum atomic E-state index is 11.8. The molecule has 0 unspecified atom stereocenters. The first-order chi connectivity index (χ1) is 9.38. The second kappa shape index (κ2) is 5.53. The molecule has 0 atom stereocenters. The summed E-state index contributed by atoms with van der Waals surface area (Å²) in [5.41, 5.74) is 6.46. The maximum Gasteiger partial charge on any atom is 0.251 e. The third-order valence-electron chi connectivity index (χ3n) is 3.64. The molecule has 5 nitrogen and oxygen atoms in total. The summed E-state index contributed by atoms with van der Waals surface area (Å²) in [6.45, 7) is 4.02. The first-order valence-electron chi connectivity index (χ1n) is 6.83. The van der Waals surface area contributed by atoms with Crippen molar-refractivity contribution in [3.63, 3.8) is 0 Å². The fourth-order valence-electron chi connectivity index (χ4n) is 2.21. The number of anilines is 1. The normalized spacial score (nSPS) is 14.7. The number of carbonyl (C=O) groups excluding carboxylic acids is 2. The monoisotopic (exact) mass is 275 g/mol. The fraction of sp³-hybridized carbons (Fsp3) is 0.467. The van der Waals surface area contributed by atoms with Crippen LogP contribution in [0.4, 0.5) is 5.69 Å². The number of benzene rings is 1. The number of amides is 2. The number of carbonyl (C=O) groups is 2. The van der Waals surface area contributed by atoms with Crippen molar-refractivity contribution in [1.82, 2.24) is 10.6 Å². The van der Waals surface area contributed by atoms with Gasteiger partial charge in [-0.15, -0.1) is 0 Å². The first-order valence-corrected chi connectivity index (χ1v) is 6.83. The number of hydrogen-bond donors (Lipinski definition) is 3. The Balaban J connectivity index is 1.81. The van der Waals surface area contributed by atoms with Gasteiger partial charge in [0.15, 0.2) is 0 Å². The van der Waals surface area contributed by atoms with Crippen molar-refractivity contribution in [2.45, 2.75) is 32.2 Å². The average molecular weight is 275 g/mol. The van der Waals surface area contributed by atoms with Gasteiger partial charge in [0.1, 0.15) is 0 Å². The highest BCUT2D eigenvalue weighted by atomic mass is 16.2. The van der Waals surface area contributed by atoms with Crippen LogP contribution in [-0.2, 0) is 4.79 Å². The molecule has 0 radical (unpaired) electrons. The molecule has 0 bridgehead atoms. The molecule has 0 heterocycles. The van der Waals surface area contributed by atoms with Gasteiger partial charge in [0.25, 0.3) is 5.91 Å². The maximum absolute atomic E-state index is 11.8. The molecule has 4 N–H and O–H groups in total. The van der Waals surface area contributed by atoms with Gasteiger partial charge in [0.2, 0.25) is 5.91 Å². The largest absolute Gasteiger partial charge is 0.399 e. The average Bonchev–Trinajstić information content (AvgIpc) is 3.21. The topological polar surface area (TPSA) is 84.2 Å².